The highest BCUT2D eigenvalue weighted by Gasteiger charge is 2.49. The molecule has 0 atom stereocenters. The molecule has 1 aliphatic carbocycles. The number of hydrogen-bond donors (Lipinski definition) is 1. The smallest absolute Gasteiger partial charge is 0.337 e. The Morgan fingerprint density at radius 3 is 2.26 bits per heavy atom. The first-order valence-corrected chi connectivity index (χ1v) is 12.5. The quantitative estimate of drug-likeness (QED) is 0.687. The topological polar surface area (TPSA) is 98.1 Å². The Bertz CT molecular complexity index is 1180. The maximum absolute atomic E-state index is 13.1. The zero-order valence-corrected chi connectivity index (χ0v) is 19.1. The summed E-state index contributed by atoms with van der Waals surface area (Å²) in [5.41, 5.74) is -1.03. The van der Waals surface area contributed by atoms with Crippen LogP contribution in [0.5, 0.6) is 0 Å². The Labute approximate surface area is 179 Å². The van der Waals surface area contributed by atoms with Crippen molar-refractivity contribution >= 4 is 19.9 Å². The molecule has 1 heterocycles. The number of aryl methyl sites for hydroxylation is 2. The second-order valence-electron chi connectivity index (χ2n) is 8.36. The van der Waals surface area contributed by atoms with Crippen molar-refractivity contribution in [3.63, 3.8) is 0 Å². The highest BCUT2D eigenvalue weighted by atomic mass is 32.2. The Balaban J connectivity index is 1.74. The van der Waals surface area contributed by atoms with E-state index in [4.69, 9.17) is 0 Å². The normalized spacial score (nSPS) is 20.5. The molecule has 0 aliphatic heterocycles. The molecule has 0 bridgehead atoms. The van der Waals surface area contributed by atoms with Gasteiger partial charge in [-0.3, -0.25) is 0 Å². The molecular weight excluding hydrogens is 455 g/mol. The van der Waals surface area contributed by atoms with E-state index in [0.29, 0.717) is 11.9 Å². The van der Waals surface area contributed by atoms with Gasteiger partial charge in [-0.1, -0.05) is 6.07 Å². The molecule has 3 rings (SSSR count). The van der Waals surface area contributed by atoms with Crippen molar-refractivity contribution in [1.29, 1.82) is 0 Å². The van der Waals surface area contributed by atoms with E-state index in [9.17, 15) is 30.0 Å². The van der Waals surface area contributed by atoms with Crippen molar-refractivity contribution in [2.45, 2.75) is 60.5 Å². The minimum Gasteiger partial charge on any atom is -0.337 e. The van der Waals surface area contributed by atoms with E-state index in [1.54, 1.807) is 18.5 Å². The number of imidazole rings is 1. The van der Waals surface area contributed by atoms with Gasteiger partial charge < -0.3 is 4.57 Å². The number of hydrogen-bond acceptors (Lipinski definition) is 5. The van der Waals surface area contributed by atoms with Gasteiger partial charge in [-0.05, 0) is 57.7 Å². The summed E-state index contributed by atoms with van der Waals surface area (Å²) in [6.45, 7) is 4.58. The lowest BCUT2D eigenvalue weighted by Crippen LogP contribution is -2.53. The second kappa shape index (κ2) is 7.59. The van der Waals surface area contributed by atoms with E-state index < -0.39 is 53.2 Å². The molecule has 1 aromatic carbocycles. The summed E-state index contributed by atoms with van der Waals surface area (Å²) < 4.78 is 92.9. The number of sulfone groups is 1. The Morgan fingerprint density at radius 2 is 1.74 bits per heavy atom. The van der Waals surface area contributed by atoms with Gasteiger partial charge in [0.05, 0.1) is 15.2 Å². The van der Waals surface area contributed by atoms with E-state index >= 15 is 0 Å². The van der Waals surface area contributed by atoms with Gasteiger partial charge in [-0.15, -0.1) is 0 Å². The molecule has 0 radical (unpaired) electrons. The summed E-state index contributed by atoms with van der Waals surface area (Å²) in [6.07, 6.45) is -2.78. The minimum atomic E-state index is -4.65. The van der Waals surface area contributed by atoms with Crippen LogP contribution in [-0.2, 0) is 33.1 Å². The minimum absolute atomic E-state index is 0.119. The molecular formula is C19H24F3N3O4S2. The number of sulfonamides is 1. The summed E-state index contributed by atoms with van der Waals surface area (Å²) >= 11 is 0. The molecule has 1 saturated carbocycles. The average molecular weight is 480 g/mol. The fraction of sp³-hybridized carbons (Fsp3) is 0.526. The van der Waals surface area contributed by atoms with Crippen LogP contribution in [0.2, 0.25) is 0 Å². The van der Waals surface area contributed by atoms with Crippen LogP contribution in [0, 0.1) is 12.8 Å². The van der Waals surface area contributed by atoms with Crippen LogP contribution in [-0.4, -0.2) is 37.2 Å². The predicted octanol–water partition coefficient (Wildman–Crippen LogP) is 3.06. The molecule has 0 unspecified atom stereocenters. The average Bonchev–Trinajstić information content (AvgIpc) is 2.96. The largest absolute Gasteiger partial charge is 0.416 e. The molecule has 7 nitrogen and oxygen atoms in total. The van der Waals surface area contributed by atoms with Crippen LogP contribution in [0.4, 0.5) is 13.2 Å². The van der Waals surface area contributed by atoms with Crippen LogP contribution in [0.1, 0.15) is 38.1 Å². The van der Waals surface area contributed by atoms with Gasteiger partial charge in [0, 0.05) is 19.3 Å². The Kier molecular flexibility index (Phi) is 5.81. The maximum atomic E-state index is 13.1. The standard InChI is InChI=1S/C19H24F3N3O4S2/c1-12-23-17(11-25(12)4)31(28,29)24-15-8-14(9-15)18(2,3)30(26,27)16-7-5-6-13(10-16)19(20,21)22/h5-7,10-11,14-15,24H,8-9H2,1-4H3. The first-order chi connectivity index (χ1) is 14.1. The molecule has 1 N–H and O–H groups in total. The van der Waals surface area contributed by atoms with Gasteiger partial charge in [0.15, 0.2) is 14.9 Å². The Hall–Kier alpha value is -1.92. The summed E-state index contributed by atoms with van der Waals surface area (Å²) in [4.78, 5) is 3.59. The number of nitrogens with zero attached hydrogens (tertiary/aromatic N) is 2. The van der Waals surface area contributed by atoms with Crippen LogP contribution in [0.3, 0.4) is 0 Å². The number of halogens is 3. The highest BCUT2D eigenvalue weighted by Crippen LogP contribution is 2.44. The van der Waals surface area contributed by atoms with E-state index in [1.807, 2.05) is 0 Å². The molecule has 1 aromatic heterocycles. The zero-order valence-electron chi connectivity index (χ0n) is 17.4. The molecule has 0 amide bonds. The van der Waals surface area contributed by atoms with Crippen LogP contribution >= 0.6 is 0 Å². The number of alkyl halides is 3. The van der Waals surface area contributed by atoms with Gasteiger partial charge in [-0.25, -0.2) is 26.5 Å². The van der Waals surface area contributed by atoms with E-state index in [0.717, 1.165) is 18.2 Å². The Morgan fingerprint density at radius 1 is 1.13 bits per heavy atom. The number of rotatable bonds is 6. The number of nitrogens with one attached hydrogen (secondary N) is 1. The van der Waals surface area contributed by atoms with Gasteiger partial charge in [-0.2, -0.15) is 13.2 Å². The third-order valence-corrected chi connectivity index (χ3v) is 9.95. The van der Waals surface area contributed by atoms with Crippen LogP contribution in [0.25, 0.3) is 0 Å². The lowest BCUT2D eigenvalue weighted by molar-refractivity contribution is -0.137. The first-order valence-electron chi connectivity index (χ1n) is 9.50. The van der Waals surface area contributed by atoms with Gasteiger partial charge in [0.25, 0.3) is 10.0 Å². The molecule has 31 heavy (non-hydrogen) atoms. The lowest BCUT2D eigenvalue weighted by Gasteiger charge is -2.44. The summed E-state index contributed by atoms with van der Waals surface area (Å²) in [6, 6.07) is 3.19. The van der Waals surface area contributed by atoms with Gasteiger partial charge in [0.2, 0.25) is 0 Å². The van der Waals surface area contributed by atoms with Crippen LogP contribution < -0.4 is 4.72 Å². The molecule has 12 heteroatoms. The third kappa shape index (κ3) is 4.37. The lowest BCUT2D eigenvalue weighted by atomic mass is 9.73. The molecule has 2 aromatic rings. The predicted molar refractivity (Wildman–Crippen MR) is 107 cm³/mol. The highest BCUT2D eigenvalue weighted by molar-refractivity contribution is 7.92. The van der Waals surface area contributed by atoms with Crippen LogP contribution in [0.15, 0.2) is 40.4 Å². The molecule has 0 saturated heterocycles. The van der Waals surface area contributed by atoms with Crippen molar-refractivity contribution in [2.24, 2.45) is 13.0 Å². The summed E-state index contributed by atoms with van der Waals surface area (Å²) in [7, 11) is -6.28. The van der Waals surface area contributed by atoms with Crippen molar-refractivity contribution in [1.82, 2.24) is 14.3 Å². The fourth-order valence-electron chi connectivity index (χ4n) is 3.58. The second-order valence-corrected chi connectivity index (χ2v) is 12.5. The fourth-order valence-corrected chi connectivity index (χ4v) is 6.66. The summed E-state index contributed by atoms with van der Waals surface area (Å²) in [5, 5.41) is -0.119. The zero-order chi connectivity index (χ0) is 23.4. The maximum Gasteiger partial charge on any atom is 0.416 e. The first kappa shape index (κ1) is 23.7. The third-order valence-electron chi connectivity index (χ3n) is 5.97. The SMILES string of the molecule is Cc1nc(S(=O)(=O)NC2CC(C(C)(C)S(=O)(=O)c3cccc(C(F)(F)F)c3)C2)cn1C. The van der Waals surface area contributed by atoms with Crippen molar-refractivity contribution in [3.05, 3.63) is 41.9 Å². The number of aromatic nitrogens is 2. The molecule has 1 aliphatic rings. The molecule has 172 valence electrons. The molecule has 1 fully saturated rings. The van der Waals surface area contributed by atoms with Crippen molar-refractivity contribution in [2.75, 3.05) is 0 Å². The van der Waals surface area contributed by atoms with E-state index in [1.165, 1.54) is 20.0 Å². The monoisotopic (exact) mass is 479 g/mol. The van der Waals surface area contributed by atoms with Gasteiger partial charge in [0.1, 0.15) is 5.82 Å². The molecule has 0 spiro atoms. The van der Waals surface area contributed by atoms with Gasteiger partial charge >= 0.3 is 6.18 Å². The summed E-state index contributed by atoms with van der Waals surface area (Å²) in [5.74, 6) is 0.102. The van der Waals surface area contributed by atoms with Crippen molar-refractivity contribution < 1.29 is 30.0 Å². The van der Waals surface area contributed by atoms with E-state index in [-0.39, 0.29) is 17.9 Å². The van der Waals surface area contributed by atoms with E-state index in [2.05, 4.69) is 9.71 Å². The number of benzene rings is 1. The van der Waals surface area contributed by atoms with Crippen molar-refractivity contribution in [3.8, 4) is 0 Å².